The van der Waals surface area contributed by atoms with Gasteiger partial charge >= 0.3 is 0 Å². The van der Waals surface area contributed by atoms with E-state index in [4.69, 9.17) is 9.05 Å². The summed E-state index contributed by atoms with van der Waals surface area (Å²) in [6.45, 7) is 4.55. The fraction of sp³-hybridized carbons (Fsp3) is 0.762. The number of aliphatic hydroxyl groups is 1. The molecule has 0 rings (SSSR count). The van der Waals surface area contributed by atoms with E-state index in [1.807, 2.05) is 27.2 Å². The number of nitrogens with one attached hydrogen (secondary N) is 1. The number of allylic oxidation sites excluding steroid dienone is 13. The topological polar surface area (TPSA) is 108 Å². The van der Waals surface area contributed by atoms with E-state index >= 15 is 0 Å². The summed E-state index contributed by atoms with van der Waals surface area (Å²) >= 11 is 0. The predicted octanol–water partition coefficient (Wildman–Crippen LogP) is 17.8. The van der Waals surface area contributed by atoms with E-state index < -0.39 is 20.0 Å². The second-order valence-corrected chi connectivity index (χ2v) is 22.7. The summed E-state index contributed by atoms with van der Waals surface area (Å²) < 4.78 is 23.4. The first-order chi connectivity index (χ1) is 35.0. The van der Waals surface area contributed by atoms with E-state index in [0.29, 0.717) is 17.4 Å². The summed E-state index contributed by atoms with van der Waals surface area (Å²) in [6, 6.07) is -0.895. The lowest BCUT2D eigenvalue weighted by molar-refractivity contribution is -0.870. The van der Waals surface area contributed by atoms with Gasteiger partial charge in [0.1, 0.15) is 13.2 Å². The van der Waals surface area contributed by atoms with Crippen molar-refractivity contribution >= 4 is 13.7 Å². The molecule has 3 unspecified atom stereocenters. The van der Waals surface area contributed by atoms with Crippen molar-refractivity contribution in [3.63, 3.8) is 0 Å². The van der Waals surface area contributed by atoms with Gasteiger partial charge in [0, 0.05) is 6.42 Å². The molecule has 418 valence electrons. The molecule has 0 aliphatic carbocycles. The van der Waals surface area contributed by atoms with Crippen molar-refractivity contribution in [2.45, 2.75) is 270 Å². The molecule has 0 bridgehead atoms. The van der Waals surface area contributed by atoms with E-state index in [9.17, 15) is 19.4 Å². The average molecular weight is 1030 g/mol. The third kappa shape index (κ3) is 55.4. The van der Waals surface area contributed by atoms with Gasteiger partial charge in [-0.1, -0.05) is 266 Å². The first kappa shape index (κ1) is 69.7. The maximum atomic E-state index is 13.0. The van der Waals surface area contributed by atoms with Crippen LogP contribution in [-0.4, -0.2) is 68.5 Å². The van der Waals surface area contributed by atoms with Gasteiger partial charge in [-0.15, -0.1) is 0 Å². The zero-order valence-electron chi connectivity index (χ0n) is 47.6. The molecular formula is C63H115N2O6P. The number of nitrogens with zero attached hydrogens (tertiary/aromatic N) is 1. The van der Waals surface area contributed by atoms with Crippen LogP contribution in [-0.2, 0) is 18.4 Å². The Hall–Kier alpha value is -2.32. The Labute approximate surface area is 446 Å². The van der Waals surface area contributed by atoms with Crippen LogP contribution >= 0.6 is 7.82 Å². The Morgan fingerprint density at radius 1 is 0.500 bits per heavy atom. The fourth-order valence-electron chi connectivity index (χ4n) is 8.45. The van der Waals surface area contributed by atoms with E-state index in [-0.39, 0.29) is 19.1 Å². The highest BCUT2D eigenvalue weighted by molar-refractivity contribution is 7.45. The van der Waals surface area contributed by atoms with Gasteiger partial charge in [-0.2, -0.15) is 0 Å². The third-order valence-corrected chi connectivity index (χ3v) is 14.1. The number of phosphoric ester groups is 1. The number of carbonyl (C=O) groups excluding carboxylic acids is 1. The average Bonchev–Trinajstić information content (AvgIpc) is 3.34. The van der Waals surface area contributed by atoms with E-state index in [0.717, 1.165) is 83.5 Å². The number of hydrogen-bond acceptors (Lipinski definition) is 6. The minimum absolute atomic E-state index is 0.00503. The molecule has 8 nitrogen and oxygen atoms in total. The van der Waals surface area contributed by atoms with Gasteiger partial charge in [0.05, 0.1) is 39.9 Å². The van der Waals surface area contributed by atoms with Crippen molar-refractivity contribution in [3.8, 4) is 0 Å². The fourth-order valence-corrected chi connectivity index (χ4v) is 9.17. The molecule has 0 aromatic rings. The van der Waals surface area contributed by atoms with Crippen molar-refractivity contribution in [3.05, 3.63) is 85.1 Å². The van der Waals surface area contributed by atoms with Crippen LogP contribution in [0.1, 0.15) is 258 Å². The van der Waals surface area contributed by atoms with Crippen LogP contribution in [0.5, 0.6) is 0 Å². The van der Waals surface area contributed by atoms with Gasteiger partial charge in [-0.3, -0.25) is 9.36 Å². The zero-order valence-corrected chi connectivity index (χ0v) is 48.5. The first-order valence-corrected chi connectivity index (χ1v) is 31.4. The van der Waals surface area contributed by atoms with Crippen molar-refractivity contribution in [1.82, 2.24) is 5.32 Å². The molecule has 0 aliphatic rings. The van der Waals surface area contributed by atoms with Crippen molar-refractivity contribution in [1.29, 1.82) is 0 Å². The largest absolute Gasteiger partial charge is 0.756 e. The lowest BCUT2D eigenvalue weighted by Crippen LogP contribution is -2.45. The Morgan fingerprint density at radius 3 is 1.24 bits per heavy atom. The normalized spacial score (nSPS) is 14.5. The van der Waals surface area contributed by atoms with Crippen LogP contribution in [0, 0.1) is 0 Å². The van der Waals surface area contributed by atoms with Crippen LogP contribution in [0.15, 0.2) is 85.1 Å². The molecule has 0 fully saturated rings. The molecule has 1 amide bonds. The molecule has 0 aromatic carbocycles. The quantitative estimate of drug-likeness (QED) is 0.0272. The van der Waals surface area contributed by atoms with E-state index in [2.05, 4.69) is 92.1 Å². The summed E-state index contributed by atoms with van der Waals surface area (Å²) in [5, 5.41) is 13.9. The number of rotatable bonds is 54. The number of likely N-dealkylation sites (N-methyl/N-ethyl adjacent to an activating group) is 1. The molecule has 0 spiro atoms. The van der Waals surface area contributed by atoms with Gasteiger partial charge in [0.15, 0.2) is 0 Å². The smallest absolute Gasteiger partial charge is 0.268 e. The Morgan fingerprint density at radius 2 is 0.847 bits per heavy atom. The molecule has 0 radical (unpaired) electrons. The number of quaternary nitrogens is 1. The maximum absolute atomic E-state index is 13.0. The lowest BCUT2D eigenvalue weighted by atomic mass is 10.0. The SMILES string of the molecule is CC/C=C\C/C=C\C/C=C\C/C=C\C/C=C\C/C=C\CCCCCCCCCCCCC(=O)NC(COP(=O)([O-])OCC[N+](C)(C)C)C(O)/C=C/CCCCCCCCCCCCCCCCCCCCC. The molecule has 9 heteroatoms. The number of carbonyl (C=O) groups is 1. The number of hydrogen-bond donors (Lipinski definition) is 2. The molecule has 0 aromatic heterocycles. The highest BCUT2D eigenvalue weighted by Gasteiger charge is 2.23. The van der Waals surface area contributed by atoms with E-state index in [1.165, 1.54) is 154 Å². The first-order valence-electron chi connectivity index (χ1n) is 29.9. The second-order valence-electron chi connectivity index (χ2n) is 21.3. The highest BCUT2D eigenvalue weighted by atomic mass is 31.2. The molecule has 72 heavy (non-hydrogen) atoms. The van der Waals surface area contributed by atoms with Crippen LogP contribution in [0.25, 0.3) is 0 Å². The minimum Gasteiger partial charge on any atom is -0.756 e. The van der Waals surface area contributed by atoms with E-state index in [1.54, 1.807) is 6.08 Å². The monoisotopic (exact) mass is 1030 g/mol. The van der Waals surface area contributed by atoms with Gasteiger partial charge in [0.25, 0.3) is 7.82 Å². The number of unbranched alkanes of at least 4 members (excludes halogenated alkanes) is 29. The molecular weight excluding hydrogens is 912 g/mol. The van der Waals surface area contributed by atoms with Crippen molar-refractivity contribution < 1.29 is 32.9 Å². The predicted molar refractivity (Wildman–Crippen MR) is 311 cm³/mol. The minimum atomic E-state index is -4.60. The molecule has 2 N–H and O–H groups in total. The molecule has 3 atom stereocenters. The Kier molecular flexibility index (Phi) is 51.8. The molecule has 0 heterocycles. The summed E-state index contributed by atoms with van der Waals surface area (Å²) in [4.78, 5) is 25.5. The van der Waals surface area contributed by atoms with Crippen LogP contribution < -0.4 is 10.2 Å². The third-order valence-electron chi connectivity index (χ3n) is 13.1. The number of aliphatic hydroxyl groups excluding tert-OH is 1. The molecule has 0 aliphatic heterocycles. The Bertz CT molecular complexity index is 1450. The second kappa shape index (κ2) is 53.5. The van der Waals surface area contributed by atoms with Crippen molar-refractivity contribution in [2.24, 2.45) is 0 Å². The molecule has 0 saturated heterocycles. The van der Waals surface area contributed by atoms with Gasteiger partial charge in [0.2, 0.25) is 5.91 Å². The van der Waals surface area contributed by atoms with Gasteiger partial charge in [-0.05, 0) is 70.6 Å². The standard InChI is InChI=1S/C63H115N2O6P/c1-6-8-10-12-14-16-18-20-22-24-26-28-29-30-31-32-33-34-35-37-39-41-43-45-47-49-51-53-55-57-63(67)64-61(60-71-72(68,69)70-59-58-65(3,4)5)62(66)56-54-52-50-48-46-44-42-40-38-36-27-25-23-21-19-17-15-13-11-9-7-2/h8,10,14,16,20,22,26,28,30-31,33-34,54,56,61-62,66H,6-7,9,11-13,15,17-19,21,23-25,27,29,32,35-53,55,57-60H2,1-5H3,(H-,64,67,68,69)/b10-8-,16-14-,22-20-,28-26-,31-30-,34-33-,56-54+. The summed E-state index contributed by atoms with van der Waals surface area (Å²) in [5.74, 6) is -0.203. The van der Waals surface area contributed by atoms with Crippen LogP contribution in [0.2, 0.25) is 0 Å². The highest BCUT2D eigenvalue weighted by Crippen LogP contribution is 2.38. The number of amides is 1. The Balaban J connectivity index is 4.21. The lowest BCUT2D eigenvalue weighted by Gasteiger charge is -2.29. The van der Waals surface area contributed by atoms with Gasteiger partial charge < -0.3 is 28.8 Å². The van der Waals surface area contributed by atoms with Crippen LogP contribution in [0.3, 0.4) is 0 Å². The zero-order chi connectivity index (χ0) is 52.7. The number of phosphoric acid groups is 1. The summed E-state index contributed by atoms with van der Waals surface area (Å²) in [5.41, 5.74) is 0. The summed E-state index contributed by atoms with van der Waals surface area (Å²) in [6.07, 6.45) is 75.1. The van der Waals surface area contributed by atoms with Gasteiger partial charge in [-0.25, -0.2) is 0 Å². The molecule has 0 saturated carbocycles. The maximum Gasteiger partial charge on any atom is 0.268 e. The summed E-state index contributed by atoms with van der Waals surface area (Å²) in [7, 11) is 1.25. The van der Waals surface area contributed by atoms with Crippen molar-refractivity contribution in [2.75, 3.05) is 40.9 Å². The van der Waals surface area contributed by atoms with Crippen LogP contribution in [0.4, 0.5) is 0 Å².